The van der Waals surface area contributed by atoms with Gasteiger partial charge in [0.15, 0.2) is 0 Å². The molecule has 0 bridgehead atoms. The van der Waals surface area contributed by atoms with E-state index in [-0.39, 0.29) is 5.91 Å². The SMILES string of the molecule is CN(Cc1ccc(N2CCCCC2)cc1)C(=O)c1cc(-c2cccnc2)nc2ccccc12. The van der Waals surface area contributed by atoms with Crippen molar-refractivity contribution in [3.8, 4) is 11.3 Å². The first-order valence-corrected chi connectivity index (χ1v) is 11.6. The number of para-hydroxylation sites is 1. The fourth-order valence-corrected chi connectivity index (χ4v) is 4.53. The minimum Gasteiger partial charge on any atom is -0.372 e. The van der Waals surface area contributed by atoms with E-state index >= 15 is 0 Å². The van der Waals surface area contributed by atoms with Crippen LogP contribution < -0.4 is 4.90 Å². The van der Waals surface area contributed by atoms with Gasteiger partial charge in [0.25, 0.3) is 5.91 Å². The molecule has 4 aromatic rings. The van der Waals surface area contributed by atoms with Crippen molar-refractivity contribution in [3.05, 3.63) is 90.3 Å². The van der Waals surface area contributed by atoms with Gasteiger partial charge in [0, 0.05) is 55.7 Å². The van der Waals surface area contributed by atoms with Crippen molar-refractivity contribution in [2.75, 3.05) is 25.0 Å². The van der Waals surface area contributed by atoms with Crippen LogP contribution in [0.3, 0.4) is 0 Å². The van der Waals surface area contributed by atoms with Crippen LogP contribution in [0.5, 0.6) is 0 Å². The van der Waals surface area contributed by atoms with Crippen molar-refractivity contribution in [2.24, 2.45) is 0 Å². The van der Waals surface area contributed by atoms with Gasteiger partial charge in [-0.15, -0.1) is 0 Å². The first-order valence-electron chi connectivity index (χ1n) is 11.6. The fourth-order valence-electron chi connectivity index (χ4n) is 4.53. The quantitative estimate of drug-likeness (QED) is 0.411. The Morgan fingerprint density at radius 1 is 0.970 bits per heavy atom. The molecule has 1 amide bonds. The summed E-state index contributed by atoms with van der Waals surface area (Å²) in [7, 11) is 1.86. The van der Waals surface area contributed by atoms with Crippen molar-refractivity contribution in [2.45, 2.75) is 25.8 Å². The summed E-state index contributed by atoms with van der Waals surface area (Å²) < 4.78 is 0. The van der Waals surface area contributed by atoms with E-state index in [1.165, 1.54) is 24.9 Å². The lowest BCUT2D eigenvalue weighted by molar-refractivity contribution is 0.0787. The molecule has 0 unspecified atom stereocenters. The second kappa shape index (κ2) is 9.41. The van der Waals surface area contributed by atoms with E-state index in [1.54, 1.807) is 17.3 Å². The summed E-state index contributed by atoms with van der Waals surface area (Å²) in [4.78, 5) is 26.7. The maximum absolute atomic E-state index is 13.5. The molecule has 0 aliphatic carbocycles. The molecule has 0 spiro atoms. The molecular weight excluding hydrogens is 408 g/mol. The highest BCUT2D eigenvalue weighted by Crippen LogP contribution is 2.26. The first kappa shape index (κ1) is 21.1. The monoisotopic (exact) mass is 436 g/mol. The van der Waals surface area contributed by atoms with E-state index in [4.69, 9.17) is 4.98 Å². The molecule has 5 nitrogen and oxygen atoms in total. The van der Waals surface area contributed by atoms with Crippen LogP contribution in [-0.4, -0.2) is 40.9 Å². The van der Waals surface area contributed by atoms with Crippen molar-refractivity contribution in [1.82, 2.24) is 14.9 Å². The first-order chi connectivity index (χ1) is 16.2. The van der Waals surface area contributed by atoms with Gasteiger partial charge >= 0.3 is 0 Å². The zero-order valence-corrected chi connectivity index (χ0v) is 18.9. The fraction of sp³-hybridized carbons (Fsp3) is 0.250. The Kier molecular flexibility index (Phi) is 6.03. The van der Waals surface area contributed by atoms with Crippen molar-refractivity contribution >= 4 is 22.5 Å². The normalized spacial score (nSPS) is 13.8. The average Bonchev–Trinajstić information content (AvgIpc) is 2.89. The number of amides is 1. The van der Waals surface area contributed by atoms with Crippen LogP contribution >= 0.6 is 0 Å². The van der Waals surface area contributed by atoms with Crippen LogP contribution in [0.25, 0.3) is 22.2 Å². The number of fused-ring (bicyclic) bond motifs is 1. The highest BCUT2D eigenvalue weighted by Gasteiger charge is 2.18. The maximum atomic E-state index is 13.5. The Morgan fingerprint density at radius 2 is 1.76 bits per heavy atom. The van der Waals surface area contributed by atoms with Crippen LogP contribution in [0.2, 0.25) is 0 Å². The van der Waals surface area contributed by atoms with E-state index in [9.17, 15) is 4.79 Å². The number of nitrogens with zero attached hydrogens (tertiary/aromatic N) is 4. The molecule has 166 valence electrons. The predicted octanol–water partition coefficient (Wildman–Crippen LogP) is 5.56. The Bertz CT molecular complexity index is 1250. The summed E-state index contributed by atoms with van der Waals surface area (Å²) in [6, 6.07) is 22.2. The smallest absolute Gasteiger partial charge is 0.254 e. The topological polar surface area (TPSA) is 49.3 Å². The van der Waals surface area contributed by atoms with Gasteiger partial charge in [-0.25, -0.2) is 4.98 Å². The summed E-state index contributed by atoms with van der Waals surface area (Å²) in [6.07, 6.45) is 7.37. The lowest BCUT2D eigenvalue weighted by Crippen LogP contribution is -2.29. The van der Waals surface area contributed by atoms with Gasteiger partial charge in [-0.1, -0.05) is 30.3 Å². The second-order valence-electron chi connectivity index (χ2n) is 8.69. The molecule has 33 heavy (non-hydrogen) atoms. The largest absolute Gasteiger partial charge is 0.372 e. The number of hydrogen-bond donors (Lipinski definition) is 0. The number of anilines is 1. The molecular formula is C28H28N4O. The van der Waals surface area contributed by atoms with E-state index < -0.39 is 0 Å². The molecule has 2 aromatic heterocycles. The van der Waals surface area contributed by atoms with Gasteiger partial charge in [0.05, 0.1) is 16.8 Å². The number of aromatic nitrogens is 2. The standard InChI is InChI=1S/C28H28N4O/c1-31(20-21-11-13-23(14-12-21)32-16-5-2-6-17-32)28(33)25-18-27(22-8-7-15-29-19-22)30-26-10-4-3-9-24(25)26/h3-4,7-15,18-19H,2,5-6,16-17,20H2,1H3. The maximum Gasteiger partial charge on any atom is 0.254 e. The van der Waals surface area contributed by atoms with Gasteiger partial charge in [-0.05, 0) is 61.2 Å². The summed E-state index contributed by atoms with van der Waals surface area (Å²) >= 11 is 0. The Morgan fingerprint density at radius 3 is 2.52 bits per heavy atom. The summed E-state index contributed by atoms with van der Waals surface area (Å²) in [6.45, 7) is 2.82. The van der Waals surface area contributed by atoms with Crippen molar-refractivity contribution in [1.29, 1.82) is 0 Å². The second-order valence-corrected chi connectivity index (χ2v) is 8.69. The van der Waals surface area contributed by atoms with Gasteiger partial charge in [0.1, 0.15) is 0 Å². The van der Waals surface area contributed by atoms with Gasteiger partial charge in [-0.3, -0.25) is 9.78 Å². The highest BCUT2D eigenvalue weighted by atomic mass is 16.2. The summed E-state index contributed by atoms with van der Waals surface area (Å²) in [5.74, 6) is -0.0150. The number of benzene rings is 2. The average molecular weight is 437 g/mol. The van der Waals surface area contributed by atoms with Crippen molar-refractivity contribution < 1.29 is 4.79 Å². The molecule has 0 atom stereocenters. The minimum absolute atomic E-state index is 0.0150. The molecule has 1 aliphatic rings. The molecule has 0 N–H and O–H groups in total. The Labute approximate surface area is 194 Å². The number of pyridine rings is 2. The number of carbonyl (C=O) groups is 1. The van der Waals surface area contributed by atoms with Gasteiger partial charge in [0.2, 0.25) is 0 Å². The van der Waals surface area contributed by atoms with Crippen LogP contribution in [0.15, 0.2) is 79.1 Å². The third kappa shape index (κ3) is 4.58. The molecule has 3 heterocycles. The number of carbonyl (C=O) groups excluding carboxylic acids is 1. The zero-order valence-electron chi connectivity index (χ0n) is 18.9. The Balaban J connectivity index is 1.40. The third-order valence-electron chi connectivity index (χ3n) is 6.33. The molecule has 1 saturated heterocycles. The van der Waals surface area contributed by atoms with Crippen LogP contribution in [0.1, 0.15) is 35.2 Å². The summed E-state index contributed by atoms with van der Waals surface area (Å²) in [5.41, 5.74) is 5.51. The molecule has 0 saturated carbocycles. The van der Waals surface area contributed by atoms with E-state index in [0.29, 0.717) is 12.1 Å². The molecule has 0 radical (unpaired) electrons. The van der Waals surface area contributed by atoms with E-state index in [1.807, 2.05) is 49.5 Å². The lowest BCUT2D eigenvalue weighted by atomic mass is 10.0. The number of hydrogen-bond acceptors (Lipinski definition) is 4. The molecule has 5 rings (SSSR count). The van der Waals surface area contributed by atoms with Gasteiger partial charge in [-0.2, -0.15) is 0 Å². The van der Waals surface area contributed by atoms with E-state index in [0.717, 1.165) is 40.8 Å². The third-order valence-corrected chi connectivity index (χ3v) is 6.33. The highest BCUT2D eigenvalue weighted by molar-refractivity contribution is 6.07. The number of rotatable bonds is 5. The van der Waals surface area contributed by atoms with Crippen LogP contribution in [0.4, 0.5) is 5.69 Å². The molecule has 1 fully saturated rings. The Hall–Kier alpha value is -3.73. The molecule has 5 heteroatoms. The van der Waals surface area contributed by atoms with Gasteiger partial charge < -0.3 is 9.80 Å². The van der Waals surface area contributed by atoms with E-state index in [2.05, 4.69) is 34.1 Å². The zero-order chi connectivity index (χ0) is 22.6. The minimum atomic E-state index is -0.0150. The summed E-state index contributed by atoms with van der Waals surface area (Å²) in [5, 5.41) is 0.863. The predicted molar refractivity (Wildman–Crippen MR) is 133 cm³/mol. The van der Waals surface area contributed by atoms with Crippen molar-refractivity contribution in [3.63, 3.8) is 0 Å². The molecule has 2 aromatic carbocycles. The van der Waals surface area contributed by atoms with Crippen LogP contribution in [-0.2, 0) is 6.54 Å². The lowest BCUT2D eigenvalue weighted by Gasteiger charge is -2.29. The van der Waals surface area contributed by atoms with Crippen LogP contribution in [0, 0.1) is 0 Å². The number of piperidine rings is 1. The molecule has 1 aliphatic heterocycles.